The van der Waals surface area contributed by atoms with Crippen molar-refractivity contribution in [1.82, 2.24) is 14.8 Å². The third-order valence-electron chi connectivity index (χ3n) is 4.49. The van der Waals surface area contributed by atoms with Gasteiger partial charge in [0.25, 0.3) is 5.91 Å². The number of nitrogens with one attached hydrogen (secondary N) is 1. The third-order valence-corrected chi connectivity index (χ3v) is 7.51. The van der Waals surface area contributed by atoms with Crippen molar-refractivity contribution >= 4 is 38.3 Å². The molecule has 1 amide bonds. The Bertz CT molecular complexity index is 1320. The lowest BCUT2D eigenvalue weighted by Crippen LogP contribution is -2.13. The van der Waals surface area contributed by atoms with E-state index in [4.69, 9.17) is 0 Å². The van der Waals surface area contributed by atoms with Crippen molar-refractivity contribution in [2.24, 2.45) is 0 Å². The molecule has 0 aliphatic carbocycles. The van der Waals surface area contributed by atoms with Crippen LogP contribution in [0.5, 0.6) is 0 Å². The van der Waals surface area contributed by atoms with Crippen molar-refractivity contribution in [2.45, 2.75) is 25.1 Å². The molecule has 0 aliphatic rings. The van der Waals surface area contributed by atoms with E-state index in [9.17, 15) is 22.9 Å². The van der Waals surface area contributed by atoms with Gasteiger partial charge < -0.3 is 4.57 Å². The highest BCUT2D eigenvalue weighted by molar-refractivity contribution is 7.93. The van der Waals surface area contributed by atoms with E-state index in [-0.39, 0.29) is 26.6 Å². The number of nitrogens with zero attached hydrogens (tertiary/aromatic N) is 4. The SMILES string of the molecule is CCS(=O)(=O)c1nnc(NC(=O)/C(C#N)=C\c2cc(C)n(-c3ccc(F)cc3)c2C)s1. The van der Waals surface area contributed by atoms with Crippen molar-refractivity contribution in [3.63, 3.8) is 0 Å². The number of carbonyl (C=O) groups is 1. The molecule has 8 nitrogen and oxygen atoms in total. The van der Waals surface area contributed by atoms with Gasteiger partial charge in [0.2, 0.25) is 19.3 Å². The van der Waals surface area contributed by atoms with E-state index in [2.05, 4.69) is 15.5 Å². The average molecular weight is 460 g/mol. The predicted octanol–water partition coefficient (Wildman–Crippen LogP) is 3.42. The summed E-state index contributed by atoms with van der Waals surface area (Å²) in [6.07, 6.45) is 1.43. The summed E-state index contributed by atoms with van der Waals surface area (Å²) < 4.78 is 38.6. The number of rotatable bonds is 6. The monoisotopic (exact) mass is 459 g/mol. The Morgan fingerprint density at radius 1 is 1.29 bits per heavy atom. The lowest BCUT2D eigenvalue weighted by atomic mass is 10.1. The van der Waals surface area contributed by atoms with Crippen molar-refractivity contribution in [3.05, 3.63) is 58.7 Å². The highest BCUT2D eigenvalue weighted by atomic mass is 32.2. The number of sulfone groups is 1. The first-order valence-corrected chi connectivity index (χ1v) is 11.6. The number of anilines is 1. The summed E-state index contributed by atoms with van der Waals surface area (Å²) in [6, 6.07) is 9.64. The summed E-state index contributed by atoms with van der Waals surface area (Å²) in [7, 11) is -3.54. The number of halogens is 1. The Labute approximate surface area is 182 Å². The molecule has 0 saturated heterocycles. The normalized spacial score (nSPS) is 11.9. The highest BCUT2D eigenvalue weighted by Crippen LogP contribution is 2.24. The van der Waals surface area contributed by atoms with Crippen molar-refractivity contribution in [2.75, 3.05) is 11.1 Å². The minimum Gasteiger partial charge on any atom is -0.318 e. The van der Waals surface area contributed by atoms with Gasteiger partial charge in [-0.15, -0.1) is 10.2 Å². The molecule has 2 heterocycles. The maximum Gasteiger partial charge on any atom is 0.268 e. The molecule has 0 unspecified atom stereocenters. The minimum absolute atomic E-state index is 0.0186. The molecule has 0 fully saturated rings. The molecule has 3 aromatic rings. The van der Waals surface area contributed by atoms with Crippen LogP contribution in [-0.2, 0) is 14.6 Å². The molecular weight excluding hydrogens is 441 g/mol. The standard InChI is InChI=1S/C20H18FN5O3S2/c1-4-31(28,29)20-25-24-19(30-20)23-18(27)15(11-22)10-14-9-12(2)26(13(14)3)17-7-5-16(21)6-8-17/h5-10H,4H2,1-3H3,(H,23,24,27)/b15-10-. The van der Waals surface area contributed by atoms with Crippen LogP contribution in [0.3, 0.4) is 0 Å². The largest absolute Gasteiger partial charge is 0.318 e. The van der Waals surface area contributed by atoms with E-state index in [0.717, 1.165) is 28.4 Å². The molecule has 2 aromatic heterocycles. The van der Waals surface area contributed by atoms with Crippen LogP contribution in [0, 0.1) is 31.0 Å². The number of aryl methyl sites for hydroxylation is 1. The van der Waals surface area contributed by atoms with Crippen LogP contribution >= 0.6 is 11.3 Å². The molecule has 3 rings (SSSR count). The summed E-state index contributed by atoms with van der Waals surface area (Å²) in [5, 5.41) is 19.1. The molecule has 0 bridgehead atoms. The second-order valence-electron chi connectivity index (χ2n) is 6.54. The van der Waals surface area contributed by atoms with Crippen LogP contribution in [0.25, 0.3) is 11.8 Å². The van der Waals surface area contributed by atoms with Gasteiger partial charge in [-0.05, 0) is 55.8 Å². The summed E-state index contributed by atoms with van der Waals surface area (Å²) >= 11 is 0.722. The van der Waals surface area contributed by atoms with Gasteiger partial charge in [-0.3, -0.25) is 10.1 Å². The summed E-state index contributed by atoms with van der Waals surface area (Å²) in [5.74, 6) is -1.21. The number of nitriles is 1. The van der Waals surface area contributed by atoms with Crippen LogP contribution in [0.2, 0.25) is 0 Å². The number of benzene rings is 1. The van der Waals surface area contributed by atoms with Crippen LogP contribution in [0.4, 0.5) is 9.52 Å². The quantitative estimate of drug-likeness (QED) is 0.343. The van der Waals surface area contributed by atoms with Gasteiger partial charge >= 0.3 is 0 Å². The number of carbonyl (C=O) groups excluding carboxylic acids is 1. The second-order valence-corrected chi connectivity index (χ2v) is 9.97. The fraction of sp³-hybridized carbons (Fsp3) is 0.200. The minimum atomic E-state index is -3.54. The summed E-state index contributed by atoms with van der Waals surface area (Å²) in [5.41, 5.74) is 2.80. The molecule has 11 heteroatoms. The topological polar surface area (TPSA) is 118 Å². The molecule has 1 aromatic carbocycles. The number of hydrogen-bond donors (Lipinski definition) is 1. The van der Waals surface area contributed by atoms with Crippen molar-refractivity contribution in [3.8, 4) is 11.8 Å². The van der Waals surface area contributed by atoms with Gasteiger partial charge in [0.1, 0.15) is 17.5 Å². The highest BCUT2D eigenvalue weighted by Gasteiger charge is 2.20. The van der Waals surface area contributed by atoms with Crippen molar-refractivity contribution in [1.29, 1.82) is 5.26 Å². The Kier molecular flexibility index (Phi) is 6.33. The first kappa shape index (κ1) is 22.3. The van der Waals surface area contributed by atoms with E-state index in [1.54, 1.807) is 18.2 Å². The zero-order valence-corrected chi connectivity index (χ0v) is 18.5. The smallest absolute Gasteiger partial charge is 0.268 e. The van der Waals surface area contributed by atoms with Crippen LogP contribution < -0.4 is 5.32 Å². The average Bonchev–Trinajstić information content (AvgIpc) is 3.31. The fourth-order valence-corrected chi connectivity index (χ4v) is 4.88. The van der Waals surface area contributed by atoms with Gasteiger partial charge in [-0.25, -0.2) is 12.8 Å². The van der Waals surface area contributed by atoms with E-state index in [1.807, 2.05) is 24.5 Å². The Balaban J connectivity index is 1.88. The lowest BCUT2D eigenvalue weighted by Gasteiger charge is -2.09. The lowest BCUT2D eigenvalue weighted by molar-refractivity contribution is -0.112. The van der Waals surface area contributed by atoms with E-state index < -0.39 is 15.7 Å². The number of amides is 1. The number of hydrogen-bond acceptors (Lipinski definition) is 7. The van der Waals surface area contributed by atoms with E-state index >= 15 is 0 Å². The van der Waals surface area contributed by atoms with Gasteiger partial charge in [0.05, 0.1) is 5.75 Å². The molecule has 31 heavy (non-hydrogen) atoms. The zero-order valence-electron chi connectivity index (χ0n) is 16.9. The van der Waals surface area contributed by atoms with Crippen LogP contribution in [0.1, 0.15) is 23.9 Å². The van der Waals surface area contributed by atoms with Gasteiger partial charge in [-0.1, -0.05) is 18.3 Å². The molecule has 0 atom stereocenters. The Morgan fingerprint density at radius 3 is 2.58 bits per heavy atom. The second kappa shape index (κ2) is 8.79. The first-order valence-electron chi connectivity index (χ1n) is 9.10. The van der Waals surface area contributed by atoms with E-state index in [1.165, 1.54) is 25.1 Å². The van der Waals surface area contributed by atoms with Gasteiger partial charge in [-0.2, -0.15) is 5.26 Å². The molecule has 0 radical (unpaired) electrons. The van der Waals surface area contributed by atoms with Crippen LogP contribution in [0.15, 0.2) is 40.2 Å². The number of aromatic nitrogens is 3. The third kappa shape index (κ3) is 4.70. The molecule has 160 valence electrons. The van der Waals surface area contributed by atoms with Crippen molar-refractivity contribution < 1.29 is 17.6 Å². The zero-order chi connectivity index (χ0) is 22.8. The summed E-state index contributed by atoms with van der Waals surface area (Å²) in [6.45, 7) is 5.16. The molecule has 0 spiro atoms. The van der Waals surface area contributed by atoms with Gasteiger partial charge in [0, 0.05) is 17.1 Å². The maximum absolute atomic E-state index is 13.2. The summed E-state index contributed by atoms with van der Waals surface area (Å²) in [4.78, 5) is 12.5. The Hall–Kier alpha value is -3.36. The fourth-order valence-electron chi connectivity index (χ4n) is 2.90. The molecular formula is C20H18FN5O3S2. The van der Waals surface area contributed by atoms with Gasteiger partial charge in [0.15, 0.2) is 0 Å². The van der Waals surface area contributed by atoms with Crippen LogP contribution in [-0.4, -0.2) is 34.8 Å². The predicted molar refractivity (Wildman–Crippen MR) is 115 cm³/mol. The van der Waals surface area contributed by atoms with E-state index in [0.29, 0.717) is 5.56 Å². The molecule has 0 aliphatic heterocycles. The molecule has 0 saturated carbocycles. The first-order chi connectivity index (χ1) is 14.7. The molecule has 1 N–H and O–H groups in total. The Morgan fingerprint density at radius 2 is 1.97 bits per heavy atom. The maximum atomic E-state index is 13.2.